The van der Waals surface area contributed by atoms with Crippen molar-refractivity contribution in [1.82, 2.24) is 4.57 Å². The summed E-state index contributed by atoms with van der Waals surface area (Å²) in [6.45, 7) is 3.34. The first kappa shape index (κ1) is 17.5. The van der Waals surface area contributed by atoms with Crippen LogP contribution in [0, 0.1) is 11.2 Å². The molecule has 148 valence electrons. The van der Waals surface area contributed by atoms with Crippen LogP contribution in [-0.4, -0.2) is 41.4 Å². The van der Waals surface area contributed by atoms with Crippen LogP contribution in [0.2, 0.25) is 0 Å². The lowest BCUT2D eigenvalue weighted by Crippen LogP contribution is -2.45. The maximum atomic E-state index is 15.2. The molecule has 5 rings (SSSR count). The van der Waals surface area contributed by atoms with Crippen LogP contribution in [0.15, 0.2) is 17.1 Å². The van der Waals surface area contributed by atoms with Crippen molar-refractivity contribution < 1.29 is 19.0 Å². The van der Waals surface area contributed by atoms with Gasteiger partial charge in [-0.15, -0.1) is 0 Å². The van der Waals surface area contributed by atoms with Gasteiger partial charge in [0.05, 0.1) is 16.9 Å². The number of carbonyl (C=O) groups is 1. The van der Waals surface area contributed by atoms with Crippen molar-refractivity contribution in [3.8, 4) is 5.75 Å². The molecular weight excluding hydrogens is 365 g/mol. The first-order chi connectivity index (χ1) is 13.3. The second kappa shape index (κ2) is 5.70. The third-order valence-electron chi connectivity index (χ3n) is 6.75. The van der Waals surface area contributed by atoms with Crippen molar-refractivity contribution >= 4 is 22.6 Å². The molecule has 2 atom stereocenters. The van der Waals surface area contributed by atoms with Crippen molar-refractivity contribution in [2.24, 2.45) is 11.1 Å². The molecule has 1 aromatic heterocycles. The van der Waals surface area contributed by atoms with Crippen molar-refractivity contribution in [2.75, 3.05) is 24.6 Å². The van der Waals surface area contributed by atoms with Crippen molar-refractivity contribution in [3.05, 3.63) is 33.9 Å². The summed E-state index contributed by atoms with van der Waals surface area (Å²) in [7, 11) is 0. The van der Waals surface area contributed by atoms with E-state index in [-0.39, 0.29) is 35.1 Å². The fourth-order valence-corrected chi connectivity index (χ4v) is 4.98. The number of anilines is 1. The zero-order valence-corrected chi connectivity index (χ0v) is 15.6. The molecule has 7 nitrogen and oxygen atoms in total. The zero-order valence-electron chi connectivity index (χ0n) is 15.6. The molecule has 8 heteroatoms. The number of carboxylic acid groups (broad SMARTS) is 1. The normalized spacial score (nSPS) is 25.0. The lowest BCUT2D eigenvalue weighted by Gasteiger charge is -2.41. The Balaban J connectivity index is 1.75. The molecule has 3 N–H and O–H groups in total. The van der Waals surface area contributed by atoms with Crippen LogP contribution >= 0.6 is 0 Å². The van der Waals surface area contributed by atoms with Gasteiger partial charge in [0.15, 0.2) is 11.6 Å². The van der Waals surface area contributed by atoms with E-state index in [1.807, 2.05) is 11.8 Å². The van der Waals surface area contributed by atoms with E-state index >= 15 is 4.39 Å². The average Bonchev–Trinajstić information content (AvgIpc) is 2.96. The van der Waals surface area contributed by atoms with E-state index in [9.17, 15) is 14.7 Å². The number of rotatable bonds is 2. The Labute approximate surface area is 160 Å². The number of benzene rings is 1. The summed E-state index contributed by atoms with van der Waals surface area (Å²) in [6, 6.07) is 0.950. The van der Waals surface area contributed by atoms with E-state index in [1.54, 1.807) is 4.57 Å². The van der Waals surface area contributed by atoms with Gasteiger partial charge in [-0.1, -0.05) is 6.42 Å². The highest BCUT2D eigenvalue weighted by atomic mass is 19.1. The second-order valence-corrected chi connectivity index (χ2v) is 8.38. The Kier molecular flexibility index (Phi) is 3.56. The summed E-state index contributed by atoms with van der Waals surface area (Å²) in [5.74, 6) is -1.59. The summed E-state index contributed by atoms with van der Waals surface area (Å²) >= 11 is 0. The van der Waals surface area contributed by atoms with Gasteiger partial charge in [-0.05, 0) is 25.8 Å². The predicted octanol–water partition coefficient (Wildman–Crippen LogP) is 2.11. The smallest absolute Gasteiger partial charge is 0.341 e. The van der Waals surface area contributed by atoms with Crippen molar-refractivity contribution in [2.45, 2.75) is 38.3 Å². The van der Waals surface area contributed by atoms with Crippen LogP contribution in [0.25, 0.3) is 10.9 Å². The highest BCUT2D eigenvalue weighted by Crippen LogP contribution is 2.51. The van der Waals surface area contributed by atoms with Gasteiger partial charge in [0, 0.05) is 30.7 Å². The molecule has 0 radical (unpaired) electrons. The molecule has 3 aliphatic rings. The Morgan fingerprint density at radius 2 is 2.18 bits per heavy atom. The minimum Gasteiger partial charge on any atom is -0.487 e. The van der Waals surface area contributed by atoms with Crippen molar-refractivity contribution in [1.29, 1.82) is 0 Å². The van der Waals surface area contributed by atoms with Gasteiger partial charge in [0.1, 0.15) is 17.9 Å². The molecule has 28 heavy (non-hydrogen) atoms. The zero-order chi connectivity index (χ0) is 19.8. The van der Waals surface area contributed by atoms with Gasteiger partial charge in [0.2, 0.25) is 5.43 Å². The summed E-state index contributed by atoms with van der Waals surface area (Å²) in [6.07, 6.45) is 4.56. The number of nitrogens with zero attached hydrogens (tertiary/aromatic N) is 2. The van der Waals surface area contributed by atoms with Gasteiger partial charge >= 0.3 is 5.97 Å². The predicted molar refractivity (Wildman–Crippen MR) is 102 cm³/mol. The molecule has 1 aliphatic carbocycles. The number of aromatic nitrogens is 1. The second-order valence-electron chi connectivity index (χ2n) is 8.38. The molecule has 1 saturated heterocycles. The number of halogens is 1. The molecule has 2 fully saturated rings. The molecule has 0 bridgehead atoms. The van der Waals surface area contributed by atoms with Gasteiger partial charge in [-0.2, -0.15) is 0 Å². The Morgan fingerprint density at radius 1 is 1.43 bits per heavy atom. The average molecular weight is 387 g/mol. The maximum Gasteiger partial charge on any atom is 0.341 e. The highest BCUT2D eigenvalue weighted by molar-refractivity contribution is 5.97. The SMILES string of the molecule is CC1COc2c(N3CC(N)C4(CCC4)C3)c(F)cc3c(=O)c(C(=O)O)cn1c23. The largest absolute Gasteiger partial charge is 0.487 e. The van der Waals surface area contributed by atoms with Crippen LogP contribution in [-0.2, 0) is 0 Å². The lowest BCUT2D eigenvalue weighted by molar-refractivity contribution is 0.0694. The first-order valence-corrected chi connectivity index (χ1v) is 9.60. The van der Waals surface area contributed by atoms with Crippen LogP contribution in [0.4, 0.5) is 10.1 Å². The Morgan fingerprint density at radius 3 is 2.79 bits per heavy atom. The summed E-state index contributed by atoms with van der Waals surface area (Å²) in [4.78, 5) is 26.1. The van der Waals surface area contributed by atoms with Crippen molar-refractivity contribution in [3.63, 3.8) is 0 Å². The maximum absolute atomic E-state index is 15.2. The highest BCUT2D eigenvalue weighted by Gasteiger charge is 2.50. The molecule has 1 saturated carbocycles. The van der Waals surface area contributed by atoms with Gasteiger partial charge in [-0.3, -0.25) is 4.79 Å². The summed E-state index contributed by atoms with van der Waals surface area (Å²) in [5.41, 5.74) is 6.12. The van der Waals surface area contributed by atoms with Gasteiger partial charge < -0.3 is 25.0 Å². The molecule has 0 amide bonds. The molecule has 2 aliphatic heterocycles. The molecular formula is C20H22FN3O4. The third-order valence-corrected chi connectivity index (χ3v) is 6.75. The van der Waals surface area contributed by atoms with Gasteiger partial charge in [-0.25, -0.2) is 9.18 Å². The minimum atomic E-state index is -1.32. The van der Waals surface area contributed by atoms with Crippen LogP contribution in [0.1, 0.15) is 42.6 Å². The summed E-state index contributed by atoms with van der Waals surface area (Å²) in [5, 5.41) is 9.41. The third kappa shape index (κ3) is 2.18. The minimum absolute atomic E-state index is 0.0253. The fraction of sp³-hybridized carbons (Fsp3) is 0.500. The van der Waals surface area contributed by atoms with Crippen LogP contribution in [0.5, 0.6) is 5.75 Å². The number of hydrogen-bond acceptors (Lipinski definition) is 5. The quantitative estimate of drug-likeness (QED) is 0.819. The molecule has 2 aromatic rings. The monoisotopic (exact) mass is 387 g/mol. The van der Waals surface area contributed by atoms with Crippen LogP contribution in [0.3, 0.4) is 0 Å². The lowest BCUT2D eigenvalue weighted by atomic mass is 9.66. The number of pyridine rings is 1. The topological polar surface area (TPSA) is 97.8 Å². The van der Waals surface area contributed by atoms with Gasteiger partial charge in [0.25, 0.3) is 0 Å². The van der Waals surface area contributed by atoms with E-state index < -0.39 is 17.2 Å². The molecule has 1 spiro atoms. The standard InChI is InChI=1S/C20H22FN3O4/c1-10-8-28-18-15-11(17(25)12(19(26)27)6-24(10)15)5-13(21)16(18)23-7-14(22)20(9-23)3-2-4-20/h5-6,10,14H,2-4,7-9,22H2,1H3,(H,26,27). The fourth-order valence-electron chi connectivity index (χ4n) is 4.98. The molecule has 3 heterocycles. The summed E-state index contributed by atoms with van der Waals surface area (Å²) < 4.78 is 22.9. The molecule has 2 unspecified atom stereocenters. The number of nitrogens with two attached hydrogens (primary N) is 1. The van der Waals surface area contributed by atoms with E-state index in [0.29, 0.717) is 30.0 Å². The molecule has 1 aromatic carbocycles. The number of hydrogen-bond donors (Lipinski definition) is 2. The number of carboxylic acids is 1. The van der Waals surface area contributed by atoms with E-state index in [0.717, 1.165) is 25.3 Å². The number of ether oxygens (including phenoxy) is 1. The Bertz CT molecular complexity index is 1080. The first-order valence-electron chi connectivity index (χ1n) is 9.60. The Hall–Kier alpha value is -2.61. The van der Waals surface area contributed by atoms with E-state index in [2.05, 4.69) is 0 Å². The number of aromatic carboxylic acids is 1. The van der Waals surface area contributed by atoms with E-state index in [4.69, 9.17) is 10.5 Å². The van der Waals surface area contributed by atoms with E-state index in [1.165, 1.54) is 6.20 Å². The van der Waals surface area contributed by atoms with Crippen LogP contribution < -0.4 is 20.8 Å².